The topological polar surface area (TPSA) is 78.9 Å². The molecule has 0 fully saturated rings. The first-order valence-corrected chi connectivity index (χ1v) is 28.2. The minimum absolute atomic E-state index is 0.0963. The summed E-state index contributed by atoms with van der Waals surface area (Å²) < 4.78 is 16.8. The predicted octanol–water partition coefficient (Wildman–Crippen LogP) is 18.9. The van der Waals surface area contributed by atoms with Crippen molar-refractivity contribution >= 4 is 17.9 Å². The molecule has 0 aliphatic carbocycles. The van der Waals surface area contributed by atoms with Gasteiger partial charge in [-0.25, -0.2) is 0 Å². The van der Waals surface area contributed by atoms with Crippen LogP contribution in [0.25, 0.3) is 0 Å². The summed E-state index contributed by atoms with van der Waals surface area (Å²) in [7, 11) is 0. The molecule has 0 aromatic rings. The molecule has 0 unspecified atom stereocenters. The normalized spacial score (nSPS) is 12.8. The molecule has 0 aliphatic heterocycles. The molecule has 68 heavy (non-hydrogen) atoms. The van der Waals surface area contributed by atoms with E-state index in [1.165, 1.54) is 96.3 Å². The molecule has 1 atom stereocenters. The summed E-state index contributed by atoms with van der Waals surface area (Å²) in [5.41, 5.74) is 0. The molecule has 0 rings (SSSR count). The fourth-order valence-electron chi connectivity index (χ4n) is 7.59. The van der Waals surface area contributed by atoms with E-state index >= 15 is 0 Å². The van der Waals surface area contributed by atoms with Gasteiger partial charge in [0.2, 0.25) is 0 Å². The Hall–Kier alpha value is -3.67. The van der Waals surface area contributed by atoms with Crippen molar-refractivity contribution in [1.29, 1.82) is 0 Å². The van der Waals surface area contributed by atoms with E-state index < -0.39 is 6.10 Å². The monoisotopic (exact) mass is 945 g/mol. The maximum absolute atomic E-state index is 12.8. The SMILES string of the molecule is CC/C=C/C/C=C/C/C=C/C/C=C/C/C=C/CCCCCC(=O)OC[C@@H](COC(=O)CCCCCCCCCCCCCCCC)OC(=O)CCCCCC/C=C/C/C=C/C/C=C/CCCCC. The van der Waals surface area contributed by atoms with Crippen molar-refractivity contribution in [3.05, 3.63) is 97.2 Å². The molecule has 0 aromatic carbocycles. The minimum Gasteiger partial charge on any atom is -0.462 e. The van der Waals surface area contributed by atoms with Crippen molar-refractivity contribution in [3.8, 4) is 0 Å². The fraction of sp³-hybridized carbons (Fsp3) is 0.694. The number of hydrogen-bond donors (Lipinski definition) is 0. The second-order valence-electron chi connectivity index (χ2n) is 18.5. The molecular formula is C62H104O6. The van der Waals surface area contributed by atoms with Crippen LogP contribution < -0.4 is 0 Å². The van der Waals surface area contributed by atoms with Crippen LogP contribution in [0.15, 0.2) is 97.2 Å². The van der Waals surface area contributed by atoms with Gasteiger partial charge in [-0.05, 0) is 103 Å². The minimum atomic E-state index is -0.803. The van der Waals surface area contributed by atoms with Crippen LogP contribution in [0.4, 0.5) is 0 Å². The Balaban J connectivity index is 4.49. The molecular weight excluding hydrogens is 841 g/mol. The number of hydrogen-bond acceptors (Lipinski definition) is 6. The third-order valence-corrected chi connectivity index (χ3v) is 11.8. The number of rotatable bonds is 50. The van der Waals surface area contributed by atoms with Gasteiger partial charge in [-0.2, -0.15) is 0 Å². The van der Waals surface area contributed by atoms with E-state index in [1.807, 2.05) is 0 Å². The van der Waals surface area contributed by atoms with Crippen molar-refractivity contribution in [2.24, 2.45) is 0 Å². The Bertz CT molecular complexity index is 1360. The smallest absolute Gasteiger partial charge is 0.306 e. The van der Waals surface area contributed by atoms with Crippen molar-refractivity contribution in [1.82, 2.24) is 0 Å². The van der Waals surface area contributed by atoms with Crippen LogP contribution in [-0.2, 0) is 28.6 Å². The highest BCUT2D eigenvalue weighted by Crippen LogP contribution is 2.15. The van der Waals surface area contributed by atoms with Crippen LogP contribution in [0.1, 0.15) is 258 Å². The summed E-state index contributed by atoms with van der Waals surface area (Å²) in [5, 5.41) is 0. The largest absolute Gasteiger partial charge is 0.462 e. The quantitative estimate of drug-likeness (QED) is 0.0262. The Morgan fingerprint density at radius 2 is 0.574 bits per heavy atom. The van der Waals surface area contributed by atoms with Crippen molar-refractivity contribution in [2.75, 3.05) is 13.2 Å². The van der Waals surface area contributed by atoms with Gasteiger partial charge in [-0.3, -0.25) is 14.4 Å². The number of unbranched alkanes of at least 4 members (excludes halogenated alkanes) is 23. The van der Waals surface area contributed by atoms with E-state index in [1.54, 1.807) is 0 Å². The van der Waals surface area contributed by atoms with E-state index in [-0.39, 0.29) is 31.1 Å². The number of carbonyl (C=O) groups excluding carboxylic acids is 3. The lowest BCUT2D eigenvalue weighted by Gasteiger charge is -2.18. The molecule has 0 aliphatic rings. The third kappa shape index (κ3) is 53.3. The highest BCUT2D eigenvalue weighted by Gasteiger charge is 2.19. The van der Waals surface area contributed by atoms with Gasteiger partial charge in [0.1, 0.15) is 13.2 Å². The molecule has 0 radical (unpaired) electrons. The van der Waals surface area contributed by atoms with Crippen LogP contribution in [0.5, 0.6) is 0 Å². The zero-order valence-corrected chi connectivity index (χ0v) is 44.3. The number of ether oxygens (including phenoxy) is 3. The highest BCUT2D eigenvalue weighted by molar-refractivity contribution is 5.71. The van der Waals surface area contributed by atoms with Crippen LogP contribution in [0.3, 0.4) is 0 Å². The molecule has 0 saturated carbocycles. The van der Waals surface area contributed by atoms with E-state index in [0.29, 0.717) is 19.3 Å². The summed E-state index contributed by atoms with van der Waals surface area (Å²) in [6.45, 7) is 6.46. The number of esters is 3. The van der Waals surface area contributed by atoms with Gasteiger partial charge in [0.25, 0.3) is 0 Å². The molecule has 388 valence electrons. The van der Waals surface area contributed by atoms with Gasteiger partial charge in [0, 0.05) is 19.3 Å². The molecule has 0 saturated heterocycles. The highest BCUT2D eigenvalue weighted by atomic mass is 16.6. The summed E-state index contributed by atoms with van der Waals surface area (Å²) in [6.07, 6.45) is 73.9. The maximum Gasteiger partial charge on any atom is 0.306 e. The summed E-state index contributed by atoms with van der Waals surface area (Å²) in [5.74, 6) is -0.948. The predicted molar refractivity (Wildman–Crippen MR) is 293 cm³/mol. The Labute approximate surface area is 419 Å². The van der Waals surface area contributed by atoms with E-state index in [4.69, 9.17) is 14.2 Å². The zero-order chi connectivity index (χ0) is 49.3. The second-order valence-corrected chi connectivity index (χ2v) is 18.5. The lowest BCUT2D eigenvalue weighted by Crippen LogP contribution is -2.30. The fourth-order valence-corrected chi connectivity index (χ4v) is 7.59. The second kappa shape index (κ2) is 55.9. The molecule has 0 aromatic heterocycles. The summed E-state index contributed by atoms with van der Waals surface area (Å²) in [4.78, 5) is 38.1. The van der Waals surface area contributed by atoms with Gasteiger partial charge in [0.15, 0.2) is 6.10 Å². The van der Waals surface area contributed by atoms with Gasteiger partial charge in [-0.1, -0.05) is 234 Å². The summed E-state index contributed by atoms with van der Waals surface area (Å²) >= 11 is 0. The molecule has 0 heterocycles. The molecule has 6 heteroatoms. The molecule has 0 bridgehead atoms. The Kier molecular flexibility index (Phi) is 52.9. The van der Waals surface area contributed by atoms with Crippen molar-refractivity contribution < 1.29 is 28.6 Å². The molecule has 0 spiro atoms. The average Bonchev–Trinajstić information content (AvgIpc) is 3.34. The van der Waals surface area contributed by atoms with Crippen LogP contribution >= 0.6 is 0 Å². The number of carbonyl (C=O) groups is 3. The molecule has 0 amide bonds. The van der Waals surface area contributed by atoms with E-state index in [0.717, 1.165) is 122 Å². The van der Waals surface area contributed by atoms with E-state index in [9.17, 15) is 14.4 Å². The lowest BCUT2D eigenvalue weighted by molar-refractivity contribution is -0.167. The molecule has 6 nitrogen and oxygen atoms in total. The number of allylic oxidation sites excluding steroid dienone is 16. The van der Waals surface area contributed by atoms with Crippen LogP contribution in [0.2, 0.25) is 0 Å². The van der Waals surface area contributed by atoms with Gasteiger partial charge in [0.05, 0.1) is 0 Å². The van der Waals surface area contributed by atoms with E-state index in [2.05, 4.69) is 118 Å². The van der Waals surface area contributed by atoms with Crippen LogP contribution in [-0.4, -0.2) is 37.2 Å². The Morgan fingerprint density at radius 1 is 0.309 bits per heavy atom. The van der Waals surface area contributed by atoms with Crippen molar-refractivity contribution in [2.45, 2.75) is 264 Å². The maximum atomic E-state index is 12.8. The van der Waals surface area contributed by atoms with Crippen LogP contribution in [0, 0.1) is 0 Å². The molecule has 0 N–H and O–H groups in total. The third-order valence-electron chi connectivity index (χ3n) is 11.8. The zero-order valence-electron chi connectivity index (χ0n) is 44.3. The first kappa shape index (κ1) is 64.3. The van der Waals surface area contributed by atoms with Gasteiger partial charge in [-0.15, -0.1) is 0 Å². The standard InChI is InChI=1S/C62H104O6/c1-4-7-10-13-16-19-22-25-28-30-31-33-34-37-40-43-46-49-52-55-61(64)67-58-59(57-66-60(63)54-51-48-45-42-39-36-27-24-21-18-15-12-9-6-3)68-62(65)56-53-50-47-44-41-38-35-32-29-26-23-20-17-14-11-8-5-2/h7,10,16-17,19-20,25-26,28-29,31,33,35,37-38,40,59H,4-6,8-9,11-15,18,21-24,27,30,32,34,36,39,41-58H2,1-3H3/b10-7+,19-16+,20-17+,28-25+,29-26+,33-31+,38-35+,40-37+/t59-/m1/s1. The first-order chi connectivity index (χ1) is 33.5. The van der Waals surface area contributed by atoms with Crippen molar-refractivity contribution in [3.63, 3.8) is 0 Å². The lowest BCUT2D eigenvalue weighted by atomic mass is 10.0. The van der Waals surface area contributed by atoms with Gasteiger partial charge < -0.3 is 14.2 Å². The average molecular weight is 946 g/mol. The van der Waals surface area contributed by atoms with Gasteiger partial charge >= 0.3 is 17.9 Å². The Morgan fingerprint density at radius 3 is 0.941 bits per heavy atom. The summed E-state index contributed by atoms with van der Waals surface area (Å²) in [6, 6.07) is 0. The first-order valence-electron chi connectivity index (χ1n) is 28.2.